The van der Waals surface area contributed by atoms with E-state index in [0.29, 0.717) is 11.1 Å². The molecule has 3 nitrogen and oxygen atoms in total. The zero-order valence-electron chi connectivity index (χ0n) is 10.8. The summed E-state index contributed by atoms with van der Waals surface area (Å²) in [6.45, 7) is 0.777. The van der Waals surface area contributed by atoms with Crippen LogP contribution in [-0.2, 0) is 6.54 Å². The third kappa shape index (κ3) is 3.51. The number of nitrogens with zero attached hydrogens (tertiary/aromatic N) is 1. The molecule has 104 valence electrons. The van der Waals surface area contributed by atoms with Crippen molar-refractivity contribution in [3.05, 3.63) is 51.7 Å². The van der Waals surface area contributed by atoms with Gasteiger partial charge in [-0.1, -0.05) is 11.6 Å². The van der Waals surface area contributed by atoms with Crippen LogP contribution in [0.5, 0.6) is 11.5 Å². The molecule has 0 unspecified atom stereocenters. The lowest BCUT2D eigenvalue weighted by Gasteiger charge is -2.12. The Bertz CT molecular complexity index is 617. The number of aromatic nitrogens is 1. The van der Waals surface area contributed by atoms with E-state index in [1.54, 1.807) is 6.20 Å². The Morgan fingerprint density at radius 1 is 1.30 bits per heavy atom. The van der Waals surface area contributed by atoms with Crippen molar-refractivity contribution in [2.45, 2.75) is 25.4 Å². The second kappa shape index (κ2) is 6.12. The van der Waals surface area contributed by atoms with E-state index in [1.807, 2.05) is 30.5 Å². The minimum Gasteiger partial charge on any atom is -0.456 e. The van der Waals surface area contributed by atoms with Gasteiger partial charge in [0.15, 0.2) is 0 Å². The van der Waals surface area contributed by atoms with Crippen molar-refractivity contribution in [3.8, 4) is 11.5 Å². The minimum atomic E-state index is 0.658. The Labute approximate surface area is 131 Å². The smallest absolute Gasteiger partial charge is 0.141 e. The van der Waals surface area contributed by atoms with E-state index in [1.165, 1.54) is 12.8 Å². The number of ether oxygens (including phenoxy) is 1. The number of pyridine rings is 1. The van der Waals surface area contributed by atoms with Crippen molar-refractivity contribution < 1.29 is 4.74 Å². The highest BCUT2D eigenvalue weighted by Gasteiger charge is 2.20. The SMILES string of the molecule is Clc1ccc(Oc2ccncc2CNC2CC2)c(Br)c1. The highest BCUT2D eigenvalue weighted by Crippen LogP contribution is 2.33. The van der Waals surface area contributed by atoms with Crippen LogP contribution in [-0.4, -0.2) is 11.0 Å². The van der Waals surface area contributed by atoms with Crippen molar-refractivity contribution in [1.82, 2.24) is 10.3 Å². The molecule has 20 heavy (non-hydrogen) atoms. The molecule has 1 heterocycles. The first-order valence-corrected chi connectivity index (χ1v) is 7.68. The third-order valence-corrected chi connectivity index (χ3v) is 3.99. The van der Waals surface area contributed by atoms with Gasteiger partial charge >= 0.3 is 0 Å². The first-order chi connectivity index (χ1) is 9.72. The predicted molar refractivity (Wildman–Crippen MR) is 83.3 cm³/mol. The van der Waals surface area contributed by atoms with Gasteiger partial charge in [0.05, 0.1) is 4.47 Å². The molecule has 0 atom stereocenters. The standard InChI is InChI=1S/C15H14BrClN2O/c16-13-7-11(17)1-4-15(13)20-14-5-6-18-8-10(14)9-19-12-2-3-12/h1,4-8,12,19H,2-3,9H2. The van der Waals surface area contributed by atoms with Crippen molar-refractivity contribution in [3.63, 3.8) is 0 Å². The summed E-state index contributed by atoms with van der Waals surface area (Å²) < 4.78 is 6.80. The molecule has 1 N–H and O–H groups in total. The van der Waals surface area contributed by atoms with E-state index in [9.17, 15) is 0 Å². The van der Waals surface area contributed by atoms with E-state index in [4.69, 9.17) is 16.3 Å². The van der Waals surface area contributed by atoms with Crippen LogP contribution in [0.15, 0.2) is 41.1 Å². The average molecular weight is 354 g/mol. The topological polar surface area (TPSA) is 34.1 Å². The van der Waals surface area contributed by atoms with Crippen molar-refractivity contribution in [2.75, 3.05) is 0 Å². The molecule has 0 bridgehead atoms. The highest BCUT2D eigenvalue weighted by molar-refractivity contribution is 9.10. The van der Waals surface area contributed by atoms with Crippen LogP contribution < -0.4 is 10.1 Å². The Hall–Kier alpha value is -1.10. The van der Waals surface area contributed by atoms with Crippen LogP contribution >= 0.6 is 27.5 Å². The molecule has 1 aliphatic carbocycles. The summed E-state index contributed by atoms with van der Waals surface area (Å²) in [5, 5.41) is 4.15. The van der Waals surface area contributed by atoms with Gasteiger partial charge in [0, 0.05) is 35.6 Å². The Balaban J connectivity index is 1.78. The van der Waals surface area contributed by atoms with Gasteiger partial charge in [-0.25, -0.2) is 0 Å². The molecule has 1 aliphatic rings. The lowest BCUT2D eigenvalue weighted by Crippen LogP contribution is -2.15. The Morgan fingerprint density at radius 2 is 2.15 bits per heavy atom. The molecule has 1 fully saturated rings. The average Bonchev–Trinajstić information content (AvgIpc) is 3.25. The molecule has 0 saturated heterocycles. The van der Waals surface area contributed by atoms with E-state index in [0.717, 1.165) is 28.1 Å². The molecular formula is C15H14BrClN2O. The van der Waals surface area contributed by atoms with Gasteiger partial charge in [-0.15, -0.1) is 0 Å². The first-order valence-electron chi connectivity index (χ1n) is 6.51. The van der Waals surface area contributed by atoms with Crippen molar-refractivity contribution in [2.24, 2.45) is 0 Å². The van der Waals surface area contributed by atoms with Gasteiger partial charge < -0.3 is 10.1 Å². The molecule has 1 saturated carbocycles. The molecule has 3 rings (SSSR count). The fourth-order valence-electron chi connectivity index (χ4n) is 1.86. The van der Waals surface area contributed by atoms with Crippen LogP contribution in [0.3, 0.4) is 0 Å². The largest absolute Gasteiger partial charge is 0.456 e. The fraction of sp³-hybridized carbons (Fsp3) is 0.267. The summed E-state index contributed by atoms with van der Waals surface area (Å²) >= 11 is 9.40. The number of nitrogens with one attached hydrogen (secondary N) is 1. The van der Waals surface area contributed by atoms with Crippen LogP contribution in [0.4, 0.5) is 0 Å². The molecule has 1 aromatic heterocycles. The van der Waals surface area contributed by atoms with Crippen LogP contribution in [0.1, 0.15) is 18.4 Å². The van der Waals surface area contributed by atoms with E-state index >= 15 is 0 Å². The summed E-state index contributed by atoms with van der Waals surface area (Å²) in [6, 6.07) is 8.02. The van der Waals surface area contributed by atoms with Crippen LogP contribution in [0.25, 0.3) is 0 Å². The van der Waals surface area contributed by atoms with Crippen LogP contribution in [0.2, 0.25) is 5.02 Å². The number of halogens is 2. The monoisotopic (exact) mass is 352 g/mol. The zero-order valence-corrected chi connectivity index (χ0v) is 13.1. The highest BCUT2D eigenvalue weighted by atomic mass is 79.9. The van der Waals surface area contributed by atoms with Crippen LogP contribution in [0, 0.1) is 0 Å². The zero-order chi connectivity index (χ0) is 13.9. The molecule has 5 heteroatoms. The van der Waals surface area contributed by atoms with Gasteiger partial charge in [-0.05, 0) is 53.0 Å². The summed E-state index contributed by atoms with van der Waals surface area (Å²) in [5.74, 6) is 1.56. The maximum atomic E-state index is 5.96. The molecule has 2 aromatic rings. The summed E-state index contributed by atoms with van der Waals surface area (Å²) in [7, 11) is 0. The molecule has 0 amide bonds. The van der Waals surface area contributed by atoms with Gasteiger partial charge in [0.25, 0.3) is 0 Å². The third-order valence-electron chi connectivity index (χ3n) is 3.13. The van der Waals surface area contributed by atoms with E-state index in [2.05, 4.69) is 26.2 Å². The van der Waals surface area contributed by atoms with Crippen molar-refractivity contribution in [1.29, 1.82) is 0 Å². The fourth-order valence-corrected chi connectivity index (χ4v) is 2.63. The number of hydrogen-bond donors (Lipinski definition) is 1. The lowest BCUT2D eigenvalue weighted by atomic mass is 10.2. The molecule has 0 aliphatic heterocycles. The Morgan fingerprint density at radius 3 is 2.90 bits per heavy atom. The quantitative estimate of drug-likeness (QED) is 0.857. The van der Waals surface area contributed by atoms with E-state index in [-0.39, 0.29) is 0 Å². The minimum absolute atomic E-state index is 0.658. The normalized spacial score (nSPS) is 14.3. The predicted octanol–water partition coefficient (Wildman–Crippen LogP) is 4.54. The summed E-state index contributed by atoms with van der Waals surface area (Å²) in [5.41, 5.74) is 1.06. The maximum Gasteiger partial charge on any atom is 0.141 e. The molecular weight excluding hydrogens is 340 g/mol. The molecule has 0 radical (unpaired) electrons. The second-order valence-corrected chi connectivity index (χ2v) is 6.11. The van der Waals surface area contributed by atoms with Gasteiger partial charge in [0.1, 0.15) is 11.5 Å². The molecule has 1 aromatic carbocycles. The van der Waals surface area contributed by atoms with Gasteiger partial charge in [-0.3, -0.25) is 4.98 Å². The maximum absolute atomic E-state index is 5.96. The second-order valence-electron chi connectivity index (χ2n) is 4.82. The summed E-state index contributed by atoms with van der Waals surface area (Å²) in [4.78, 5) is 4.17. The first kappa shape index (κ1) is 13.9. The lowest BCUT2D eigenvalue weighted by molar-refractivity contribution is 0.468. The van der Waals surface area contributed by atoms with Crippen molar-refractivity contribution >= 4 is 27.5 Å². The van der Waals surface area contributed by atoms with Gasteiger partial charge in [0.2, 0.25) is 0 Å². The molecule has 0 spiro atoms. The summed E-state index contributed by atoms with van der Waals surface area (Å²) in [6.07, 6.45) is 6.10. The number of benzene rings is 1. The number of rotatable bonds is 5. The Kier molecular flexibility index (Phi) is 4.24. The van der Waals surface area contributed by atoms with Gasteiger partial charge in [-0.2, -0.15) is 0 Å². The number of hydrogen-bond acceptors (Lipinski definition) is 3. The van der Waals surface area contributed by atoms with E-state index < -0.39 is 0 Å².